The molecule has 194 valence electrons. The van der Waals surface area contributed by atoms with Gasteiger partial charge in [0.2, 0.25) is 5.89 Å². The molecule has 2 aliphatic heterocycles. The summed E-state index contributed by atoms with van der Waals surface area (Å²) in [4.78, 5) is 34.0. The Labute approximate surface area is 217 Å². The average Bonchev–Trinajstić information content (AvgIpc) is 3.36. The standard InChI is InChI=1S/C29H34N4O4/c1-29(2,3)21-9-10-25-24(15-21)33(27(34)19-36-25)17-26-31-23(18-37-26)28(35)30-22-11-13-32(14-12-22)16-20-7-5-4-6-8-20/h4-10,15,18,22H,11-14,16-17,19H2,1-3H3,(H,30,35). The first-order valence-corrected chi connectivity index (χ1v) is 12.9. The van der Waals surface area contributed by atoms with Crippen LogP contribution in [0, 0.1) is 0 Å². The number of likely N-dealkylation sites (tertiary alicyclic amines) is 1. The summed E-state index contributed by atoms with van der Waals surface area (Å²) in [5, 5.41) is 3.10. The summed E-state index contributed by atoms with van der Waals surface area (Å²) >= 11 is 0. The van der Waals surface area contributed by atoms with Crippen LogP contribution in [0.5, 0.6) is 5.75 Å². The van der Waals surface area contributed by atoms with Crippen molar-refractivity contribution in [1.82, 2.24) is 15.2 Å². The minimum atomic E-state index is -0.250. The summed E-state index contributed by atoms with van der Waals surface area (Å²) in [6, 6.07) is 16.4. The van der Waals surface area contributed by atoms with Gasteiger partial charge in [-0.2, -0.15) is 0 Å². The number of ether oxygens (including phenoxy) is 1. The molecule has 8 heteroatoms. The molecule has 0 aliphatic carbocycles. The zero-order valence-electron chi connectivity index (χ0n) is 21.7. The van der Waals surface area contributed by atoms with Gasteiger partial charge in [0.1, 0.15) is 18.6 Å². The first-order chi connectivity index (χ1) is 17.8. The van der Waals surface area contributed by atoms with Crippen molar-refractivity contribution >= 4 is 17.5 Å². The van der Waals surface area contributed by atoms with Crippen LogP contribution < -0.4 is 15.0 Å². The van der Waals surface area contributed by atoms with Gasteiger partial charge < -0.3 is 14.5 Å². The number of piperidine rings is 1. The Kier molecular flexibility index (Phi) is 7.02. The van der Waals surface area contributed by atoms with E-state index >= 15 is 0 Å². The van der Waals surface area contributed by atoms with E-state index in [2.05, 4.69) is 60.2 Å². The SMILES string of the molecule is CC(C)(C)c1ccc2c(c1)N(Cc1nc(C(=O)NC3CCN(Cc4ccccc4)CC3)co1)C(=O)CO2. The topological polar surface area (TPSA) is 87.9 Å². The third-order valence-corrected chi connectivity index (χ3v) is 7.02. The second-order valence-corrected chi connectivity index (χ2v) is 10.8. The molecule has 0 atom stereocenters. The number of hydrogen-bond donors (Lipinski definition) is 1. The van der Waals surface area contributed by atoms with Crippen LogP contribution in [0.1, 0.15) is 61.1 Å². The lowest BCUT2D eigenvalue weighted by atomic mass is 9.86. The number of benzene rings is 2. The van der Waals surface area contributed by atoms with Crippen LogP contribution in [-0.2, 0) is 23.3 Å². The van der Waals surface area contributed by atoms with Gasteiger partial charge in [-0.05, 0) is 41.5 Å². The molecule has 37 heavy (non-hydrogen) atoms. The summed E-state index contributed by atoms with van der Waals surface area (Å²) in [5.74, 6) is 0.533. The number of fused-ring (bicyclic) bond motifs is 1. The van der Waals surface area contributed by atoms with Crippen LogP contribution >= 0.6 is 0 Å². The van der Waals surface area contributed by atoms with Gasteiger partial charge in [0, 0.05) is 25.7 Å². The highest BCUT2D eigenvalue weighted by Crippen LogP contribution is 2.37. The minimum absolute atomic E-state index is 0.0428. The van der Waals surface area contributed by atoms with Gasteiger partial charge in [0.15, 0.2) is 12.3 Å². The lowest BCUT2D eigenvalue weighted by Crippen LogP contribution is -2.44. The van der Waals surface area contributed by atoms with Gasteiger partial charge in [0.05, 0.1) is 5.69 Å². The highest BCUT2D eigenvalue weighted by atomic mass is 16.5. The van der Waals surface area contributed by atoms with Crippen molar-refractivity contribution in [2.75, 3.05) is 24.6 Å². The lowest BCUT2D eigenvalue weighted by molar-refractivity contribution is -0.121. The number of nitrogens with one attached hydrogen (secondary N) is 1. The van der Waals surface area contributed by atoms with E-state index in [1.54, 1.807) is 4.90 Å². The molecule has 3 heterocycles. The molecular formula is C29H34N4O4. The number of carbonyl (C=O) groups is 2. The van der Waals surface area contributed by atoms with Crippen molar-refractivity contribution in [1.29, 1.82) is 0 Å². The molecule has 0 saturated carbocycles. The summed E-state index contributed by atoms with van der Waals surface area (Å²) in [7, 11) is 0. The van der Waals surface area contributed by atoms with Crippen molar-refractivity contribution in [3.05, 3.63) is 77.5 Å². The van der Waals surface area contributed by atoms with Crippen molar-refractivity contribution in [2.45, 2.75) is 58.2 Å². The largest absolute Gasteiger partial charge is 0.482 e. The summed E-state index contributed by atoms with van der Waals surface area (Å²) in [6.07, 6.45) is 3.14. The normalized spacial score (nSPS) is 16.8. The summed E-state index contributed by atoms with van der Waals surface area (Å²) in [6.45, 7) is 9.24. The number of amides is 2. The molecule has 2 aliphatic rings. The van der Waals surface area contributed by atoms with E-state index in [0.29, 0.717) is 17.3 Å². The van der Waals surface area contributed by atoms with Gasteiger partial charge in [-0.3, -0.25) is 19.4 Å². The Bertz CT molecular complexity index is 1260. The first-order valence-electron chi connectivity index (χ1n) is 12.9. The van der Waals surface area contributed by atoms with E-state index < -0.39 is 0 Å². The Hall–Kier alpha value is -3.65. The van der Waals surface area contributed by atoms with E-state index in [4.69, 9.17) is 9.15 Å². The minimum Gasteiger partial charge on any atom is -0.482 e. The maximum absolute atomic E-state index is 12.9. The number of anilines is 1. The molecule has 1 saturated heterocycles. The van der Waals surface area contributed by atoms with E-state index in [1.165, 1.54) is 11.8 Å². The molecule has 5 rings (SSSR count). The molecule has 2 amide bonds. The molecule has 0 spiro atoms. The third kappa shape index (κ3) is 5.85. The molecule has 8 nitrogen and oxygen atoms in total. The van der Waals surface area contributed by atoms with Crippen LogP contribution in [0.15, 0.2) is 59.2 Å². The molecule has 2 aromatic carbocycles. The maximum atomic E-state index is 12.9. The third-order valence-electron chi connectivity index (χ3n) is 7.02. The Morgan fingerprint density at radius 3 is 2.57 bits per heavy atom. The molecule has 1 fully saturated rings. The fourth-order valence-electron chi connectivity index (χ4n) is 4.80. The molecule has 1 N–H and O–H groups in total. The van der Waals surface area contributed by atoms with Crippen LogP contribution in [-0.4, -0.2) is 47.4 Å². The number of rotatable bonds is 6. The number of carbonyl (C=O) groups excluding carboxylic acids is 2. The van der Waals surface area contributed by atoms with Crippen LogP contribution in [0.4, 0.5) is 5.69 Å². The second kappa shape index (κ2) is 10.4. The highest BCUT2D eigenvalue weighted by molar-refractivity contribution is 5.98. The van der Waals surface area contributed by atoms with Gasteiger partial charge in [0.25, 0.3) is 11.8 Å². The van der Waals surface area contributed by atoms with Crippen molar-refractivity contribution in [3.63, 3.8) is 0 Å². The van der Waals surface area contributed by atoms with Gasteiger partial charge in [-0.25, -0.2) is 4.98 Å². The predicted octanol–water partition coefficient (Wildman–Crippen LogP) is 4.29. The van der Waals surface area contributed by atoms with Gasteiger partial charge >= 0.3 is 0 Å². The molecule has 1 aromatic heterocycles. The molecule has 0 unspecified atom stereocenters. The molecule has 3 aromatic rings. The van der Waals surface area contributed by atoms with Crippen molar-refractivity contribution in [2.24, 2.45) is 0 Å². The second-order valence-electron chi connectivity index (χ2n) is 10.8. The smallest absolute Gasteiger partial charge is 0.273 e. The van der Waals surface area contributed by atoms with Crippen LogP contribution in [0.2, 0.25) is 0 Å². The predicted molar refractivity (Wildman–Crippen MR) is 141 cm³/mol. The van der Waals surface area contributed by atoms with Gasteiger partial charge in [-0.1, -0.05) is 57.2 Å². The fourth-order valence-corrected chi connectivity index (χ4v) is 4.80. The Balaban J connectivity index is 1.19. The Morgan fingerprint density at radius 1 is 1.08 bits per heavy atom. The maximum Gasteiger partial charge on any atom is 0.273 e. The van der Waals surface area contributed by atoms with E-state index in [-0.39, 0.29) is 42.1 Å². The zero-order chi connectivity index (χ0) is 26.0. The van der Waals surface area contributed by atoms with Crippen LogP contribution in [0.3, 0.4) is 0 Å². The number of hydrogen-bond acceptors (Lipinski definition) is 6. The van der Waals surface area contributed by atoms with E-state index in [9.17, 15) is 9.59 Å². The van der Waals surface area contributed by atoms with Gasteiger partial charge in [-0.15, -0.1) is 0 Å². The first kappa shape index (κ1) is 25.0. The number of oxazole rings is 1. The zero-order valence-corrected chi connectivity index (χ0v) is 21.7. The number of aromatic nitrogens is 1. The lowest BCUT2D eigenvalue weighted by Gasteiger charge is -2.32. The monoisotopic (exact) mass is 502 g/mol. The van der Waals surface area contributed by atoms with Crippen molar-refractivity contribution < 1.29 is 18.7 Å². The fraction of sp³-hybridized carbons (Fsp3) is 0.414. The highest BCUT2D eigenvalue weighted by Gasteiger charge is 2.29. The molecular weight excluding hydrogens is 468 g/mol. The van der Waals surface area contributed by atoms with E-state index in [1.807, 2.05) is 24.3 Å². The number of nitrogens with zero attached hydrogens (tertiary/aromatic N) is 3. The molecule has 0 radical (unpaired) electrons. The average molecular weight is 503 g/mol. The summed E-state index contributed by atoms with van der Waals surface area (Å²) < 4.78 is 11.2. The quantitative estimate of drug-likeness (QED) is 0.541. The Morgan fingerprint density at radius 2 is 1.84 bits per heavy atom. The van der Waals surface area contributed by atoms with E-state index in [0.717, 1.165) is 38.0 Å². The summed E-state index contributed by atoms with van der Waals surface area (Å²) in [5.41, 5.74) is 3.24. The van der Waals surface area contributed by atoms with Crippen molar-refractivity contribution in [3.8, 4) is 5.75 Å². The van der Waals surface area contributed by atoms with Crippen LogP contribution in [0.25, 0.3) is 0 Å². The molecule has 0 bridgehead atoms.